The Morgan fingerprint density at radius 2 is 1.37 bits per heavy atom. The molecule has 0 radical (unpaired) electrons. The third-order valence-corrected chi connectivity index (χ3v) is 10.8. The zero-order chi connectivity index (χ0) is 34.2. The fourth-order valence-corrected chi connectivity index (χ4v) is 8.24. The van der Waals surface area contributed by atoms with Gasteiger partial charge >= 0.3 is 0 Å². The van der Waals surface area contributed by atoms with Crippen LogP contribution in [0.5, 0.6) is 5.75 Å². The molecule has 0 N–H and O–H groups in total. The summed E-state index contributed by atoms with van der Waals surface area (Å²) in [6, 6.07) is 40.5. The number of nitrogens with zero attached hydrogens (tertiary/aromatic N) is 3. The number of benzene rings is 6. The highest BCUT2D eigenvalue weighted by Crippen LogP contribution is 2.51. The van der Waals surface area contributed by atoms with Crippen LogP contribution in [0.15, 0.2) is 162 Å². The van der Waals surface area contributed by atoms with Gasteiger partial charge in [-0.1, -0.05) is 127 Å². The van der Waals surface area contributed by atoms with Crippen LogP contribution in [0.2, 0.25) is 0 Å². The summed E-state index contributed by atoms with van der Waals surface area (Å²) in [5, 5.41) is 7.02. The summed E-state index contributed by atoms with van der Waals surface area (Å²) in [6.45, 7) is 0. The van der Waals surface area contributed by atoms with Crippen molar-refractivity contribution in [1.82, 2.24) is 15.0 Å². The summed E-state index contributed by atoms with van der Waals surface area (Å²) < 4.78 is 13.0. The Morgan fingerprint density at radius 1 is 0.577 bits per heavy atom. The van der Waals surface area contributed by atoms with Gasteiger partial charge < -0.3 is 9.15 Å². The minimum atomic E-state index is -0.178. The van der Waals surface area contributed by atoms with Gasteiger partial charge in [0.1, 0.15) is 28.8 Å². The molecule has 0 amide bonds. The van der Waals surface area contributed by atoms with Gasteiger partial charge in [-0.2, -0.15) is 0 Å². The van der Waals surface area contributed by atoms with Crippen LogP contribution in [-0.2, 0) is 0 Å². The Bertz CT molecular complexity index is 2890. The molecule has 1 aliphatic heterocycles. The highest BCUT2D eigenvalue weighted by Gasteiger charge is 2.40. The predicted octanol–water partition coefficient (Wildman–Crippen LogP) is 11.5. The van der Waals surface area contributed by atoms with Gasteiger partial charge in [-0.05, 0) is 63.9 Å². The monoisotopic (exact) mass is 669 g/mol. The highest BCUT2D eigenvalue weighted by atomic mass is 16.5. The fourth-order valence-electron chi connectivity index (χ4n) is 8.24. The van der Waals surface area contributed by atoms with Crippen molar-refractivity contribution < 1.29 is 9.15 Å². The molecule has 0 spiro atoms. The maximum Gasteiger partial charge on any atom is 0.163 e. The van der Waals surface area contributed by atoms with E-state index in [0.29, 0.717) is 11.6 Å². The summed E-state index contributed by atoms with van der Waals surface area (Å²) in [5.74, 6) is 3.04. The maximum absolute atomic E-state index is 6.84. The molecular weight excluding hydrogens is 639 g/mol. The minimum Gasteiger partial charge on any atom is -0.484 e. The fraction of sp³-hybridized carbons (Fsp3) is 0.0851. The van der Waals surface area contributed by atoms with Gasteiger partial charge in [-0.3, -0.25) is 0 Å². The molecule has 0 saturated carbocycles. The number of ether oxygens (including phenoxy) is 1. The molecule has 8 aromatic rings. The third-order valence-electron chi connectivity index (χ3n) is 10.8. The van der Waals surface area contributed by atoms with Crippen molar-refractivity contribution in [2.45, 2.75) is 24.4 Å². The molecular formula is C47H31N3O2. The summed E-state index contributed by atoms with van der Waals surface area (Å²) >= 11 is 0. The van der Waals surface area contributed by atoms with Gasteiger partial charge in [0, 0.05) is 39.0 Å². The van der Waals surface area contributed by atoms with E-state index >= 15 is 0 Å². The molecule has 0 fully saturated rings. The first-order valence-electron chi connectivity index (χ1n) is 17.9. The molecule has 3 unspecified atom stereocenters. The lowest BCUT2D eigenvalue weighted by atomic mass is 9.83. The van der Waals surface area contributed by atoms with Crippen molar-refractivity contribution in [3.8, 4) is 28.3 Å². The molecule has 3 heterocycles. The van der Waals surface area contributed by atoms with Crippen molar-refractivity contribution >= 4 is 49.1 Å². The Balaban J connectivity index is 1.04. The number of fused-ring (bicyclic) bond motifs is 9. The van der Waals surface area contributed by atoms with Crippen molar-refractivity contribution in [1.29, 1.82) is 0 Å². The standard InChI is InChI=1S/C47H31N3O2/c1-2-11-30(12-3-1)45-48-46(32-23-22-29-21-20-28-10-4-5-13-33(28)38(29)27-32)50-47(49-45)37-17-9-19-42-43(37)36-16-8-15-34(44(36)52-42)31-24-25-41-39(26-31)35-14-6-7-18-40(35)51-41/h1-11,13-27,30,42-43H,12H2. The lowest BCUT2D eigenvalue weighted by Gasteiger charge is -2.23. The molecule has 0 saturated heterocycles. The molecule has 2 aromatic heterocycles. The number of para-hydroxylation sites is 2. The second-order valence-electron chi connectivity index (χ2n) is 13.8. The van der Waals surface area contributed by atoms with Crippen LogP contribution in [0.25, 0.3) is 71.6 Å². The maximum atomic E-state index is 6.84. The van der Waals surface area contributed by atoms with Crippen LogP contribution in [-0.4, -0.2) is 21.1 Å². The molecule has 52 heavy (non-hydrogen) atoms. The molecule has 246 valence electrons. The van der Waals surface area contributed by atoms with Crippen molar-refractivity contribution in [3.05, 3.63) is 175 Å². The molecule has 6 aromatic carbocycles. The van der Waals surface area contributed by atoms with Gasteiger partial charge in [-0.15, -0.1) is 0 Å². The largest absolute Gasteiger partial charge is 0.484 e. The second kappa shape index (κ2) is 11.5. The first kappa shape index (κ1) is 29.2. The Hall–Kier alpha value is -6.59. The van der Waals surface area contributed by atoms with Crippen LogP contribution in [0.1, 0.15) is 35.5 Å². The van der Waals surface area contributed by atoms with Gasteiger partial charge in [0.05, 0.1) is 5.92 Å². The van der Waals surface area contributed by atoms with Crippen LogP contribution < -0.4 is 4.74 Å². The predicted molar refractivity (Wildman–Crippen MR) is 209 cm³/mol. The van der Waals surface area contributed by atoms with E-state index < -0.39 is 0 Å². The lowest BCUT2D eigenvalue weighted by molar-refractivity contribution is 0.272. The third kappa shape index (κ3) is 4.59. The normalized spacial score (nSPS) is 18.9. The van der Waals surface area contributed by atoms with E-state index in [9.17, 15) is 0 Å². The van der Waals surface area contributed by atoms with Crippen LogP contribution in [0.4, 0.5) is 0 Å². The van der Waals surface area contributed by atoms with Gasteiger partial charge in [0.25, 0.3) is 0 Å². The van der Waals surface area contributed by atoms with Crippen molar-refractivity contribution in [2.75, 3.05) is 0 Å². The number of hydrogen-bond donors (Lipinski definition) is 0. The summed E-state index contributed by atoms with van der Waals surface area (Å²) in [6.07, 6.45) is 15.6. The molecule has 3 atom stereocenters. The van der Waals surface area contributed by atoms with Crippen LogP contribution >= 0.6 is 0 Å². The van der Waals surface area contributed by atoms with E-state index in [1.54, 1.807) is 0 Å². The Kier molecular flexibility index (Phi) is 6.44. The first-order valence-corrected chi connectivity index (χ1v) is 17.9. The zero-order valence-corrected chi connectivity index (χ0v) is 28.1. The van der Waals surface area contributed by atoms with E-state index in [-0.39, 0.29) is 17.9 Å². The molecule has 0 bridgehead atoms. The molecule has 2 aliphatic carbocycles. The SMILES string of the molecule is C1=CCC(c2nc(C3=CC=CC4Oc5c(-c6ccc7oc8ccccc8c7c6)cccc5C34)nc(-c3ccc4ccc5ccccc5c4c3)n2)C=C1. The quantitative estimate of drug-likeness (QED) is 0.175. The average Bonchev–Trinajstić information content (AvgIpc) is 3.79. The molecule has 11 rings (SSSR count). The van der Waals surface area contributed by atoms with E-state index in [2.05, 4.69) is 146 Å². The number of allylic oxidation sites excluding steroid dienone is 6. The number of hydrogen-bond acceptors (Lipinski definition) is 5. The first-order chi connectivity index (χ1) is 25.7. The van der Waals surface area contributed by atoms with E-state index in [1.807, 2.05) is 12.1 Å². The topological polar surface area (TPSA) is 61.0 Å². The lowest BCUT2D eigenvalue weighted by Crippen LogP contribution is -2.21. The number of rotatable bonds is 4. The van der Waals surface area contributed by atoms with Gasteiger partial charge in [0.15, 0.2) is 11.6 Å². The Labute approximate surface area is 299 Å². The van der Waals surface area contributed by atoms with Crippen molar-refractivity contribution in [2.24, 2.45) is 0 Å². The van der Waals surface area contributed by atoms with Crippen molar-refractivity contribution in [3.63, 3.8) is 0 Å². The Morgan fingerprint density at radius 3 is 2.29 bits per heavy atom. The van der Waals surface area contributed by atoms with E-state index in [0.717, 1.165) is 67.8 Å². The second-order valence-corrected chi connectivity index (χ2v) is 13.8. The average molecular weight is 670 g/mol. The minimum absolute atomic E-state index is 0.0648. The van der Waals surface area contributed by atoms with Crippen LogP contribution in [0.3, 0.4) is 0 Å². The summed E-state index contributed by atoms with van der Waals surface area (Å²) in [7, 11) is 0. The summed E-state index contributed by atoms with van der Waals surface area (Å²) in [4.78, 5) is 15.6. The molecule has 3 aliphatic rings. The molecule has 5 heteroatoms. The number of furan rings is 1. The summed E-state index contributed by atoms with van der Waals surface area (Å²) in [5.41, 5.74) is 7.07. The molecule has 5 nitrogen and oxygen atoms in total. The van der Waals surface area contributed by atoms with Crippen LogP contribution in [0, 0.1) is 0 Å². The van der Waals surface area contributed by atoms with E-state index in [4.69, 9.17) is 24.1 Å². The smallest absolute Gasteiger partial charge is 0.163 e. The van der Waals surface area contributed by atoms with E-state index in [1.165, 1.54) is 21.5 Å². The van der Waals surface area contributed by atoms with Gasteiger partial charge in [-0.25, -0.2) is 15.0 Å². The van der Waals surface area contributed by atoms with Gasteiger partial charge in [0.2, 0.25) is 0 Å². The number of aromatic nitrogens is 3. The zero-order valence-electron chi connectivity index (χ0n) is 28.1. The highest BCUT2D eigenvalue weighted by molar-refractivity contribution is 6.09.